The van der Waals surface area contributed by atoms with E-state index < -0.39 is 0 Å². The van der Waals surface area contributed by atoms with Crippen molar-refractivity contribution in [1.82, 2.24) is 0 Å². The van der Waals surface area contributed by atoms with Crippen molar-refractivity contribution in [3.05, 3.63) is 29.8 Å². The first-order chi connectivity index (χ1) is 9.29. The zero-order chi connectivity index (χ0) is 13.5. The molecule has 0 radical (unpaired) electrons. The first kappa shape index (κ1) is 14.4. The van der Waals surface area contributed by atoms with Crippen LogP contribution in [0.1, 0.15) is 70.0 Å². The third-order valence-corrected chi connectivity index (χ3v) is 3.99. The molecule has 106 valence electrons. The quantitative estimate of drug-likeness (QED) is 0.784. The van der Waals surface area contributed by atoms with Gasteiger partial charge in [-0.05, 0) is 37.0 Å². The fourth-order valence-electron chi connectivity index (χ4n) is 2.83. The Kier molecular flexibility index (Phi) is 5.71. The Balaban J connectivity index is 1.99. The number of ether oxygens (including phenoxy) is 1. The summed E-state index contributed by atoms with van der Waals surface area (Å²) >= 11 is 0. The summed E-state index contributed by atoms with van der Waals surface area (Å²) in [5.74, 6) is 0.329. The molecule has 1 fully saturated rings. The number of benzene rings is 1. The molecular weight excluding hydrogens is 236 g/mol. The molecule has 1 atom stereocenters. The van der Waals surface area contributed by atoms with Gasteiger partial charge in [-0.25, -0.2) is 0 Å². The van der Waals surface area contributed by atoms with Crippen LogP contribution in [0.3, 0.4) is 0 Å². The van der Waals surface area contributed by atoms with E-state index in [0.29, 0.717) is 11.9 Å². The van der Waals surface area contributed by atoms with Crippen LogP contribution >= 0.6 is 0 Å². The van der Waals surface area contributed by atoms with Crippen molar-refractivity contribution < 1.29 is 9.84 Å². The van der Waals surface area contributed by atoms with Gasteiger partial charge in [0.25, 0.3) is 0 Å². The number of hydrogen-bond donors (Lipinski definition) is 1. The summed E-state index contributed by atoms with van der Waals surface area (Å²) < 4.78 is 6.34. The highest BCUT2D eigenvalue weighted by molar-refractivity contribution is 5.27. The molecule has 0 bridgehead atoms. The van der Waals surface area contributed by atoms with Gasteiger partial charge in [0, 0.05) is 0 Å². The minimum absolute atomic E-state index is 0.198. The molecule has 1 aliphatic rings. The summed E-state index contributed by atoms with van der Waals surface area (Å²) in [6.07, 6.45) is 10.5. The number of hydrogen-bond acceptors (Lipinski definition) is 2. The standard InChI is InChI=1S/C17H26O2/c1-2-3-9-17(14-10-12-15(18)13-11-14)19-16-7-5-4-6-8-16/h10-13,16-18H,2-9H2,1H3. The van der Waals surface area contributed by atoms with Gasteiger partial charge in [0.05, 0.1) is 12.2 Å². The van der Waals surface area contributed by atoms with E-state index in [-0.39, 0.29) is 6.10 Å². The molecule has 19 heavy (non-hydrogen) atoms. The molecule has 1 N–H and O–H groups in total. The van der Waals surface area contributed by atoms with E-state index in [1.165, 1.54) is 50.5 Å². The molecule has 0 saturated heterocycles. The second-order valence-corrected chi connectivity index (χ2v) is 5.62. The zero-order valence-electron chi connectivity index (χ0n) is 12.0. The molecule has 1 aromatic rings. The highest BCUT2D eigenvalue weighted by Gasteiger charge is 2.20. The lowest BCUT2D eigenvalue weighted by atomic mass is 9.96. The van der Waals surface area contributed by atoms with Crippen LogP contribution in [0, 0.1) is 0 Å². The molecule has 1 aliphatic carbocycles. The lowest BCUT2D eigenvalue weighted by Gasteiger charge is -2.28. The van der Waals surface area contributed by atoms with Crippen LogP contribution in [0.25, 0.3) is 0 Å². The maximum absolute atomic E-state index is 9.40. The lowest BCUT2D eigenvalue weighted by Crippen LogP contribution is -2.20. The van der Waals surface area contributed by atoms with Crippen molar-refractivity contribution in [1.29, 1.82) is 0 Å². The number of unbranched alkanes of at least 4 members (excludes halogenated alkanes) is 1. The van der Waals surface area contributed by atoms with Gasteiger partial charge in [0.1, 0.15) is 5.75 Å². The van der Waals surface area contributed by atoms with Gasteiger partial charge in [-0.3, -0.25) is 0 Å². The van der Waals surface area contributed by atoms with Gasteiger partial charge >= 0.3 is 0 Å². The van der Waals surface area contributed by atoms with Gasteiger partial charge in [0.2, 0.25) is 0 Å². The number of aromatic hydroxyl groups is 1. The third-order valence-electron chi connectivity index (χ3n) is 3.99. The van der Waals surface area contributed by atoms with Crippen LogP contribution in [-0.2, 0) is 4.74 Å². The van der Waals surface area contributed by atoms with Crippen molar-refractivity contribution in [3.63, 3.8) is 0 Å². The highest BCUT2D eigenvalue weighted by Crippen LogP contribution is 2.30. The fraction of sp³-hybridized carbons (Fsp3) is 0.647. The highest BCUT2D eigenvalue weighted by atomic mass is 16.5. The van der Waals surface area contributed by atoms with Crippen LogP contribution in [0.5, 0.6) is 5.75 Å². The van der Waals surface area contributed by atoms with Crippen molar-refractivity contribution in [2.24, 2.45) is 0 Å². The third kappa shape index (κ3) is 4.54. The Morgan fingerprint density at radius 2 is 1.84 bits per heavy atom. The lowest BCUT2D eigenvalue weighted by molar-refractivity contribution is -0.0361. The summed E-state index contributed by atoms with van der Waals surface area (Å²) in [5.41, 5.74) is 1.21. The normalized spacial score (nSPS) is 18.4. The number of rotatable bonds is 6. The maximum atomic E-state index is 9.40. The van der Waals surface area contributed by atoms with Crippen molar-refractivity contribution >= 4 is 0 Å². The predicted molar refractivity (Wildman–Crippen MR) is 78.3 cm³/mol. The van der Waals surface area contributed by atoms with Crippen molar-refractivity contribution in [2.45, 2.75) is 70.5 Å². The summed E-state index contributed by atoms with van der Waals surface area (Å²) in [6.45, 7) is 2.22. The van der Waals surface area contributed by atoms with Crippen molar-refractivity contribution in [2.75, 3.05) is 0 Å². The summed E-state index contributed by atoms with van der Waals surface area (Å²) in [4.78, 5) is 0. The van der Waals surface area contributed by atoms with E-state index in [1.54, 1.807) is 12.1 Å². The van der Waals surface area contributed by atoms with E-state index in [1.807, 2.05) is 12.1 Å². The van der Waals surface area contributed by atoms with Crippen LogP contribution in [0.2, 0.25) is 0 Å². The fourth-order valence-corrected chi connectivity index (χ4v) is 2.83. The molecule has 0 aromatic heterocycles. The molecule has 2 nitrogen and oxygen atoms in total. The molecule has 2 rings (SSSR count). The van der Waals surface area contributed by atoms with E-state index in [0.717, 1.165) is 6.42 Å². The minimum Gasteiger partial charge on any atom is -0.508 e. The Morgan fingerprint density at radius 1 is 1.16 bits per heavy atom. The Labute approximate surface area is 116 Å². The zero-order valence-corrected chi connectivity index (χ0v) is 12.0. The summed E-state index contributed by atoms with van der Waals surface area (Å²) in [5, 5.41) is 9.40. The van der Waals surface area contributed by atoms with Gasteiger partial charge in [-0.1, -0.05) is 51.2 Å². The Bertz CT molecular complexity index is 352. The van der Waals surface area contributed by atoms with E-state index in [4.69, 9.17) is 4.74 Å². The first-order valence-corrected chi connectivity index (χ1v) is 7.74. The van der Waals surface area contributed by atoms with E-state index in [9.17, 15) is 5.11 Å². The topological polar surface area (TPSA) is 29.5 Å². The van der Waals surface area contributed by atoms with E-state index in [2.05, 4.69) is 6.92 Å². The molecule has 1 aromatic carbocycles. The molecule has 0 amide bonds. The molecular formula is C17H26O2. The Hall–Kier alpha value is -1.02. The van der Waals surface area contributed by atoms with Gasteiger partial charge in [-0.15, -0.1) is 0 Å². The van der Waals surface area contributed by atoms with Crippen LogP contribution < -0.4 is 0 Å². The average Bonchev–Trinajstić information content (AvgIpc) is 2.45. The summed E-state index contributed by atoms with van der Waals surface area (Å²) in [6, 6.07) is 7.52. The van der Waals surface area contributed by atoms with E-state index >= 15 is 0 Å². The summed E-state index contributed by atoms with van der Waals surface area (Å²) in [7, 11) is 0. The van der Waals surface area contributed by atoms with Crippen LogP contribution in [0.4, 0.5) is 0 Å². The van der Waals surface area contributed by atoms with Gasteiger partial charge < -0.3 is 9.84 Å². The first-order valence-electron chi connectivity index (χ1n) is 7.74. The maximum Gasteiger partial charge on any atom is 0.115 e. The second-order valence-electron chi connectivity index (χ2n) is 5.62. The molecule has 1 unspecified atom stereocenters. The molecule has 1 saturated carbocycles. The average molecular weight is 262 g/mol. The molecule has 2 heteroatoms. The van der Waals surface area contributed by atoms with Crippen LogP contribution in [0.15, 0.2) is 24.3 Å². The molecule has 0 spiro atoms. The number of phenolic OH excluding ortho intramolecular Hbond substituents is 1. The van der Waals surface area contributed by atoms with Crippen molar-refractivity contribution in [3.8, 4) is 5.75 Å². The second kappa shape index (κ2) is 7.54. The monoisotopic (exact) mass is 262 g/mol. The van der Waals surface area contributed by atoms with Crippen LogP contribution in [-0.4, -0.2) is 11.2 Å². The molecule has 0 aliphatic heterocycles. The smallest absolute Gasteiger partial charge is 0.115 e. The molecule has 0 heterocycles. The SMILES string of the molecule is CCCCC(OC1CCCCC1)c1ccc(O)cc1. The predicted octanol–water partition coefficient (Wildman–Crippen LogP) is 4.97. The van der Waals surface area contributed by atoms with Gasteiger partial charge in [-0.2, -0.15) is 0 Å². The largest absolute Gasteiger partial charge is 0.508 e. The number of phenols is 1. The van der Waals surface area contributed by atoms with Gasteiger partial charge in [0.15, 0.2) is 0 Å². The Morgan fingerprint density at radius 3 is 2.47 bits per heavy atom. The minimum atomic E-state index is 0.198.